The Morgan fingerprint density at radius 3 is 2.55 bits per heavy atom. The molecule has 2 aromatic carbocycles. The molecule has 0 unspecified atom stereocenters. The van der Waals surface area contributed by atoms with Crippen LogP contribution in [0.15, 0.2) is 42.5 Å². The molecule has 0 saturated heterocycles. The van der Waals surface area contributed by atoms with Gasteiger partial charge in [-0.2, -0.15) is 0 Å². The van der Waals surface area contributed by atoms with Crippen molar-refractivity contribution >= 4 is 23.0 Å². The van der Waals surface area contributed by atoms with Crippen molar-refractivity contribution in [3.63, 3.8) is 0 Å². The molecular weight excluding hydrogens is 275 g/mol. The molecule has 0 saturated carbocycles. The van der Waals surface area contributed by atoms with Gasteiger partial charge in [0, 0.05) is 18.3 Å². The molecule has 2 nitrogen and oxygen atoms in total. The van der Waals surface area contributed by atoms with Crippen LogP contribution in [0.5, 0.6) is 0 Å². The quantitative estimate of drug-likeness (QED) is 0.888. The number of hydrogen-bond acceptors (Lipinski definition) is 2. The maximum Gasteiger partial charge on any atom is 0.125 e. The number of hydrogen-bond donors (Lipinski definition) is 1. The van der Waals surface area contributed by atoms with E-state index in [1.807, 2.05) is 43.0 Å². The predicted molar refractivity (Wildman–Crippen MR) is 83.1 cm³/mol. The van der Waals surface area contributed by atoms with Crippen LogP contribution in [0.3, 0.4) is 0 Å². The van der Waals surface area contributed by atoms with Gasteiger partial charge in [-0.15, -0.1) is 0 Å². The van der Waals surface area contributed by atoms with Gasteiger partial charge in [0.15, 0.2) is 0 Å². The Morgan fingerprint density at radius 1 is 1.25 bits per heavy atom. The van der Waals surface area contributed by atoms with Gasteiger partial charge in [-0.25, -0.2) is 4.39 Å². The number of rotatable bonds is 4. The molecule has 0 heterocycles. The third-order valence-corrected chi connectivity index (χ3v) is 3.53. The van der Waals surface area contributed by atoms with Gasteiger partial charge in [0.05, 0.1) is 10.7 Å². The second-order valence-corrected chi connectivity index (χ2v) is 5.13. The summed E-state index contributed by atoms with van der Waals surface area (Å²) in [4.78, 5) is 1.97. The average Bonchev–Trinajstić information content (AvgIpc) is 2.41. The van der Waals surface area contributed by atoms with Crippen LogP contribution in [-0.4, -0.2) is 6.54 Å². The minimum atomic E-state index is -0.260. The van der Waals surface area contributed by atoms with E-state index in [4.69, 9.17) is 17.3 Å². The van der Waals surface area contributed by atoms with E-state index < -0.39 is 0 Å². The van der Waals surface area contributed by atoms with Gasteiger partial charge in [-0.05, 0) is 49.7 Å². The summed E-state index contributed by atoms with van der Waals surface area (Å²) in [5.74, 6) is -0.260. The van der Waals surface area contributed by atoms with E-state index in [1.54, 1.807) is 6.07 Å². The SMILES string of the molecule is CCN(c1cccc(F)c1)c1ccc([C@H](C)N)cc1Cl. The lowest BCUT2D eigenvalue weighted by atomic mass is 10.1. The van der Waals surface area contributed by atoms with E-state index in [0.717, 1.165) is 16.9 Å². The number of anilines is 2. The minimum absolute atomic E-state index is 0.0641. The largest absolute Gasteiger partial charge is 0.340 e. The summed E-state index contributed by atoms with van der Waals surface area (Å²) in [6.07, 6.45) is 0. The molecule has 0 aromatic heterocycles. The third-order valence-electron chi connectivity index (χ3n) is 3.22. The van der Waals surface area contributed by atoms with E-state index >= 15 is 0 Å². The molecule has 20 heavy (non-hydrogen) atoms. The zero-order valence-corrected chi connectivity index (χ0v) is 12.4. The molecule has 106 valence electrons. The molecular formula is C16H18ClFN2. The zero-order valence-electron chi connectivity index (χ0n) is 11.6. The smallest absolute Gasteiger partial charge is 0.125 e. The molecule has 2 rings (SSSR count). The van der Waals surface area contributed by atoms with Crippen LogP contribution in [0.2, 0.25) is 5.02 Å². The molecule has 0 aliphatic rings. The van der Waals surface area contributed by atoms with E-state index in [0.29, 0.717) is 11.6 Å². The van der Waals surface area contributed by atoms with Crippen LogP contribution in [0, 0.1) is 5.82 Å². The third kappa shape index (κ3) is 3.11. The second kappa shape index (κ2) is 6.25. The van der Waals surface area contributed by atoms with Crippen LogP contribution in [0.4, 0.5) is 15.8 Å². The van der Waals surface area contributed by atoms with Gasteiger partial charge in [0.25, 0.3) is 0 Å². The Balaban J connectivity index is 2.42. The van der Waals surface area contributed by atoms with Gasteiger partial charge in [-0.1, -0.05) is 23.7 Å². The lowest BCUT2D eigenvalue weighted by molar-refractivity contribution is 0.627. The van der Waals surface area contributed by atoms with E-state index in [1.165, 1.54) is 12.1 Å². The van der Waals surface area contributed by atoms with Gasteiger partial charge in [0.2, 0.25) is 0 Å². The number of nitrogens with two attached hydrogens (primary N) is 1. The van der Waals surface area contributed by atoms with Crippen LogP contribution in [0.25, 0.3) is 0 Å². The molecule has 0 aliphatic carbocycles. The van der Waals surface area contributed by atoms with Gasteiger partial charge in [0.1, 0.15) is 5.82 Å². The van der Waals surface area contributed by atoms with Crippen LogP contribution in [0.1, 0.15) is 25.5 Å². The Morgan fingerprint density at radius 2 is 2.00 bits per heavy atom. The van der Waals surface area contributed by atoms with Crippen LogP contribution in [-0.2, 0) is 0 Å². The standard InChI is InChI=1S/C16H18ClFN2/c1-3-20(14-6-4-5-13(18)10-14)16-8-7-12(11(2)19)9-15(16)17/h4-11H,3,19H2,1-2H3/t11-/m0/s1. The fraction of sp³-hybridized carbons (Fsp3) is 0.250. The van der Waals surface area contributed by atoms with Crippen molar-refractivity contribution in [2.45, 2.75) is 19.9 Å². The normalized spacial score (nSPS) is 12.2. The van der Waals surface area contributed by atoms with Crippen molar-refractivity contribution in [1.29, 1.82) is 0 Å². The highest BCUT2D eigenvalue weighted by atomic mass is 35.5. The predicted octanol–water partition coefficient (Wildman–Crippen LogP) is 4.66. The number of benzene rings is 2. The molecule has 2 N–H and O–H groups in total. The molecule has 0 aliphatic heterocycles. The summed E-state index contributed by atoms with van der Waals surface area (Å²) in [6.45, 7) is 4.61. The summed E-state index contributed by atoms with van der Waals surface area (Å²) in [7, 11) is 0. The van der Waals surface area contributed by atoms with E-state index in [2.05, 4.69) is 0 Å². The first-order chi connectivity index (χ1) is 9.52. The van der Waals surface area contributed by atoms with Crippen LogP contribution >= 0.6 is 11.6 Å². The highest BCUT2D eigenvalue weighted by Crippen LogP contribution is 2.33. The summed E-state index contributed by atoms with van der Waals surface area (Å²) in [6, 6.07) is 12.2. The first-order valence-electron chi connectivity index (χ1n) is 6.61. The molecule has 0 amide bonds. The second-order valence-electron chi connectivity index (χ2n) is 4.72. The highest BCUT2D eigenvalue weighted by molar-refractivity contribution is 6.33. The zero-order chi connectivity index (χ0) is 14.7. The average molecular weight is 293 g/mol. The molecule has 1 atom stereocenters. The Labute approximate surface area is 124 Å². The summed E-state index contributed by atoms with van der Waals surface area (Å²) >= 11 is 6.35. The van der Waals surface area contributed by atoms with Crippen molar-refractivity contribution in [3.8, 4) is 0 Å². The summed E-state index contributed by atoms with van der Waals surface area (Å²) in [5.41, 5.74) is 8.46. The monoisotopic (exact) mass is 292 g/mol. The van der Waals surface area contributed by atoms with Gasteiger partial charge < -0.3 is 10.6 Å². The fourth-order valence-corrected chi connectivity index (χ4v) is 2.45. The van der Waals surface area contributed by atoms with Crippen molar-refractivity contribution in [2.24, 2.45) is 5.73 Å². The maximum atomic E-state index is 13.4. The minimum Gasteiger partial charge on any atom is -0.340 e. The van der Waals surface area contributed by atoms with Gasteiger partial charge in [-0.3, -0.25) is 0 Å². The Kier molecular flexibility index (Phi) is 4.63. The van der Waals surface area contributed by atoms with E-state index in [-0.39, 0.29) is 11.9 Å². The first kappa shape index (κ1) is 14.8. The number of nitrogens with zero attached hydrogens (tertiary/aromatic N) is 1. The van der Waals surface area contributed by atoms with E-state index in [9.17, 15) is 4.39 Å². The van der Waals surface area contributed by atoms with Crippen molar-refractivity contribution in [1.82, 2.24) is 0 Å². The summed E-state index contributed by atoms with van der Waals surface area (Å²) in [5, 5.41) is 0.617. The maximum absolute atomic E-state index is 13.4. The Hall–Kier alpha value is -1.58. The molecule has 0 radical (unpaired) electrons. The van der Waals surface area contributed by atoms with Crippen LogP contribution < -0.4 is 10.6 Å². The van der Waals surface area contributed by atoms with Crippen molar-refractivity contribution in [3.05, 3.63) is 58.9 Å². The summed E-state index contributed by atoms with van der Waals surface area (Å²) < 4.78 is 13.4. The molecule has 4 heteroatoms. The lowest BCUT2D eigenvalue weighted by Gasteiger charge is -2.25. The van der Waals surface area contributed by atoms with Gasteiger partial charge >= 0.3 is 0 Å². The number of halogens is 2. The molecule has 0 bridgehead atoms. The molecule has 0 fully saturated rings. The fourth-order valence-electron chi connectivity index (χ4n) is 2.16. The van der Waals surface area contributed by atoms with Crippen molar-refractivity contribution in [2.75, 3.05) is 11.4 Å². The molecule has 0 spiro atoms. The molecule has 2 aromatic rings. The lowest BCUT2D eigenvalue weighted by Crippen LogP contribution is -2.17. The van der Waals surface area contributed by atoms with Crippen molar-refractivity contribution < 1.29 is 4.39 Å². The first-order valence-corrected chi connectivity index (χ1v) is 6.99. The topological polar surface area (TPSA) is 29.3 Å². The Bertz CT molecular complexity index is 599. The highest BCUT2D eigenvalue weighted by Gasteiger charge is 2.13.